The van der Waals surface area contributed by atoms with Gasteiger partial charge in [-0.05, 0) is 90.9 Å². The van der Waals surface area contributed by atoms with Gasteiger partial charge in [0.15, 0.2) is 0 Å². The first kappa shape index (κ1) is 27.3. The Balaban J connectivity index is 1.73. The molecule has 0 aliphatic rings. The third-order valence-electron chi connectivity index (χ3n) is 5.50. The number of thiophene rings is 1. The van der Waals surface area contributed by atoms with E-state index in [1.54, 1.807) is 25.2 Å². The van der Waals surface area contributed by atoms with Crippen LogP contribution >= 0.6 is 11.3 Å². The largest absolute Gasteiger partial charge is 0.493 e. The zero-order valence-corrected chi connectivity index (χ0v) is 22.0. The lowest BCUT2D eigenvalue weighted by molar-refractivity contribution is -0.144. The van der Waals surface area contributed by atoms with E-state index in [9.17, 15) is 9.59 Å². The van der Waals surface area contributed by atoms with E-state index in [0.29, 0.717) is 51.4 Å². The van der Waals surface area contributed by atoms with Crippen molar-refractivity contribution in [3.05, 3.63) is 69.9 Å². The summed E-state index contributed by atoms with van der Waals surface area (Å²) in [5.41, 5.74) is 5.26. The molecule has 192 valence electrons. The quantitative estimate of drug-likeness (QED) is 0.182. The van der Waals surface area contributed by atoms with Crippen molar-refractivity contribution < 1.29 is 28.5 Å². The minimum absolute atomic E-state index is 0.231. The van der Waals surface area contributed by atoms with Crippen LogP contribution in [0.5, 0.6) is 11.5 Å². The van der Waals surface area contributed by atoms with Crippen LogP contribution in [0.2, 0.25) is 0 Å². The molecule has 0 amide bonds. The monoisotopic (exact) mass is 510 g/mol. The molecule has 2 aromatic carbocycles. The van der Waals surface area contributed by atoms with Crippen molar-refractivity contribution in [2.45, 2.75) is 53.1 Å². The summed E-state index contributed by atoms with van der Waals surface area (Å²) in [6.07, 6.45) is 1.57. The fraction of sp³-hybridized carbons (Fsp3) is 0.379. The van der Waals surface area contributed by atoms with E-state index in [1.807, 2.05) is 30.3 Å². The van der Waals surface area contributed by atoms with Crippen molar-refractivity contribution in [2.24, 2.45) is 0 Å². The first-order valence-electron chi connectivity index (χ1n) is 12.3. The summed E-state index contributed by atoms with van der Waals surface area (Å²) in [4.78, 5) is 23.7. The van der Waals surface area contributed by atoms with Crippen molar-refractivity contribution in [1.82, 2.24) is 0 Å². The van der Waals surface area contributed by atoms with Gasteiger partial charge >= 0.3 is 11.9 Å². The second-order valence-corrected chi connectivity index (χ2v) is 9.07. The van der Waals surface area contributed by atoms with E-state index in [-0.39, 0.29) is 18.4 Å². The molecule has 0 aliphatic heterocycles. The molecule has 1 aromatic heterocycles. The number of benzene rings is 2. The first-order chi connectivity index (χ1) is 17.5. The summed E-state index contributed by atoms with van der Waals surface area (Å²) in [5.74, 6) is 0.993. The maximum absolute atomic E-state index is 12.1. The van der Waals surface area contributed by atoms with Crippen molar-refractivity contribution in [3.63, 3.8) is 0 Å². The lowest BCUT2D eigenvalue weighted by Gasteiger charge is -2.17. The second kappa shape index (κ2) is 14.3. The van der Waals surface area contributed by atoms with E-state index < -0.39 is 0 Å². The Morgan fingerprint density at radius 1 is 0.889 bits per heavy atom. The van der Waals surface area contributed by atoms with Gasteiger partial charge in [-0.2, -0.15) is 11.3 Å². The SMILES string of the molecule is CCOC(=O)CCCOc1cccc(COc2cc(C)cc(-c3ccsc3)c2)c1CCC(=O)OCC. The molecule has 6 nitrogen and oxygen atoms in total. The summed E-state index contributed by atoms with van der Waals surface area (Å²) >= 11 is 1.66. The Hall–Kier alpha value is -3.32. The van der Waals surface area contributed by atoms with Crippen LogP contribution in [-0.4, -0.2) is 31.8 Å². The van der Waals surface area contributed by atoms with Gasteiger partial charge in [0.1, 0.15) is 18.1 Å². The van der Waals surface area contributed by atoms with Crippen molar-refractivity contribution in [2.75, 3.05) is 19.8 Å². The van der Waals surface area contributed by atoms with Crippen LogP contribution in [0.25, 0.3) is 11.1 Å². The highest BCUT2D eigenvalue weighted by molar-refractivity contribution is 7.08. The molecule has 0 unspecified atom stereocenters. The smallest absolute Gasteiger partial charge is 0.306 e. The highest BCUT2D eigenvalue weighted by Crippen LogP contribution is 2.30. The van der Waals surface area contributed by atoms with E-state index in [4.69, 9.17) is 18.9 Å². The van der Waals surface area contributed by atoms with E-state index in [2.05, 4.69) is 29.8 Å². The molecule has 0 saturated heterocycles. The van der Waals surface area contributed by atoms with Crippen LogP contribution in [0.3, 0.4) is 0 Å². The van der Waals surface area contributed by atoms with Gasteiger partial charge < -0.3 is 18.9 Å². The van der Waals surface area contributed by atoms with Gasteiger partial charge in [0.05, 0.1) is 19.8 Å². The predicted octanol–water partition coefficient (Wildman–Crippen LogP) is 6.52. The van der Waals surface area contributed by atoms with E-state index in [1.165, 1.54) is 5.56 Å². The molecule has 0 radical (unpaired) electrons. The Morgan fingerprint density at radius 3 is 2.39 bits per heavy atom. The number of ether oxygens (including phenoxy) is 4. The Morgan fingerprint density at radius 2 is 1.67 bits per heavy atom. The number of esters is 2. The van der Waals surface area contributed by atoms with Gasteiger partial charge in [-0.1, -0.05) is 18.2 Å². The molecule has 3 aromatic rings. The molecule has 0 bridgehead atoms. The minimum Gasteiger partial charge on any atom is -0.493 e. The molecule has 7 heteroatoms. The average Bonchev–Trinajstić information content (AvgIpc) is 3.40. The lowest BCUT2D eigenvalue weighted by atomic mass is 10.0. The van der Waals surface area contributed by atoms with Crippen LogP contribution in [0, 0.1) is 6.92 Å². The molecule has 0 atom stereocenters. The van der Waals surface area contributed by atoms with Gasteiger partial charge in [-0.3, -0.25) is 9.59 Å². The van der Waals surface area contributed by atoms with Gasteiger partial charge in [0.25, 0.3) is 0 Å². The molecule has 0 spiro atoms. The van der Waals surface area contributed by atoms with Crippen molar-refractivity contribution in [3.8, 4) is 22.6 Å². The molecular formula is C29H34O6S. The molecule has 3 rings (SSSR count). The van der Waals surface area contributed by atoms with Gasteiger partial charge in [0, 0.05) is 18.4 Å². The van der Waals surface area contributed by atoms with Gasteiger partial charge in [-0.15, -0.1) is 0 Å². The molecule has 0 fully saturated rings. The maximum Gasteiger partial charge on any atom is 0.306 e. The Bertz CT molecular complexity index is 1120. The number of hydrogen-bond acceptors (Lipinski definition) is 7. The first-order valence-corrected chi connectivity index (χ1v) is 13.3. The summed E-state index contributed by atoms with van der Waals surface area (Å²) in [5, 5.41) is 4.18. The lowest BCUT2D eigenvalue weighted by Crippen LogP contribution is -2.10. The number of rotatable bonds is 14. The molecule has 36 heavy (non-hydrogen) atoms. The fourth-order valence-electron chi connectivity index (χ4n) is 3.85. The average molecular weight is 511 g/mol. The normalized spacial score (nSPS) is 10.6. The number of aryl methyl sites for hydroxylation is 1. The molecule has 0 aliphatic carbocycles. The third kappa shape index (κ3) is 8.41. The molecular weight excluding hydrogens is 476 g/mol. The topological polar surface area (TPSA) is 71.1 Å². The number of carbonyl (C=O) groups is 2. The van der Waals surface area contributed by atoms with Gasteiger partial charge in [0.2, 0.25) is 0 Å². The predicted molar refractivity (Wildman–Crippen MR) is 142 cm³/mol. The Labute approximate surface area is 217 Å². The summed E-state index contributed by atoms with van der Waals surface area (Å²) in [7, 11) is 0. The standard InChI is InChI=1S/C29H34O6S/c1-4-32-28(30)10-7-14-34-27-9-6-8-22(26(27)11-12-29(31)33-5-2)19-35-25-17-21(3)16-24(18-25)23-13-15-36-20-23/h6,8-9,13,15-18,20H,4-5,7,10-12,14,19H2,1-3H3. The van der Waals surface area contributed by atoms with Gasteiger partial charge in [-0.25, -0.2) is 0 Å². The Kier molecular flexibility index (Phi) is 10.8. The molecule has 0 N–H and O–H groups in total. The minimum atomic E-state index is -0.249. The summed E-state index contributed by atoms with van der Waals surface area (Å²) < 4.78 is 22.3. The van der Waals surface area contributed by atoms with E-state index in [0.717, 1.165) is 28.0 Å². The number of carbonyl (C=O) groups excluding carboxylic acids is 2. The molecule has 0 saturated carbocycles. The number of hydrogen-bond donors (Lipinski definition) is 0. The fourth-order valence-corrected chi connectivity index (χ4v) is 4.51. The van der Waals surface area contributed by atoms with Crippen LogP contribution in [0.15, 0.2) is 53.2 Å². The zero-order chi connectivity index (χ0) is 25.8. The van der Waals surface area contributed by atoms with Crippen LogP contribution in [-0.2, 0) is 32.1 Å². The van der Waals surface area contributed by atoms with Crippen LogP contribution < -0.4 is 9.47 Å². The zero-order valence-electron chi connectivity index (χ0n) is 21.2. The maximum atomic E-state index is 12.1. The van der Waals surface area contributed by atoms with Crippen molar-refractivity contribution >= 4 is 23.3 Å². The second-order valence-electron chi connectivity index (χ2n) is 8.29. The highest BCUT2D eigenvalue weighted by Gasteiger charge is 2.14. The highest BCUT2D eigenvalue weighted by atomic mass is 32.1. The summed E-state index contributed by atoms with van der Waals surface area (Å²) in [6, 6.07) is 14.1. The summed E-state index contributed by atoms with van der Waals surface area (Å²) in [6.45, 7) is 7.07. The third-order valence-corrected chi connectivity index (χ3v) is 6.19. The van der Waals surface area contributed by atoms with E-state index >= 15 is 0 Å². The van der Waals surface area contributed by atoms with Crippen LogP contribution in [0.1, 0.15) is 49.8 Å². The van der Waals surface area contributed by atoms with Crippen LogP contribution in [0.4, 0.5) is 0 Å². The van der Waals surface area contributed by atoms with Crippen molar-refractivity contribution in [1.29, 1.82) is 0 Å². The molecule has 1 heterocycles.